The lowest BCUT2D eigenvalue weighted by molar-refractivity contribution is 0.149. The predicted molar refractivity (Wildman–Crippen MR) is 40.8 cm³/mol. The van der Waals surface area contributed by atoms with Crippen LogP contribution in [0.1, 0.15) is 12.0 Å². The summed E-state index contributed by atoms with van der Waals surface area (Å²) in [4.78, 5) is 12.8. The van der Waals surface area contributed by atoms with Gasteiger partial charge in [-0.25, -0.2) is 8.78 Å². The number of rotatable bonds is 1. The molecule has 0 aromatic carbocycles. The molecule has 1 rings (SSSR count). The van der Waals surface area contributed by atoms with E-state index in [2.05, 4.69) is 0 Å². The highest BCUT2D eigenvalue weighted by Crippen LogP contribution is 2.18. The predicted octanol–water partition coefficient (Wildman–Crippen LogP) is 0.477. The van der Waals surface area contributed by atoms with Gasteiger partial charge in [0.2, 0.25) is 0 Å². The highest BCUT2D eigenvalue weighted by Gasteiger charge is 2.13. The van der Waals surface area contributed by atoms with Crippen molar-refractivity contribution in [2.24, 2.45) is 0 Å². The Labute approximate surface area is 66.2 Å². The molecule has 5 N–H and O–H groups in total. The molecule has 0 spiro atoms. The number of nitrogen functional groups attached to an aromatic ring is 2. The molecular weight excluding hydrogens is 168 g/mol. The molecule has 0 aliphatic rings. The second kappa shape index (κ2) is 2.80. The molecule has 0 unspecified atom stereocenters. The zero-order valence-corrected chi connectivity index (χ0v) is 5.97. The monoisotopic (exact) mass is 175 g/mol. The van der Waals surface area contributed by atoms with Crippen LogP contribution in [0, 0.1) is 0 Å². The van der Waals surface area contributed by atoms with Gasteiger partial charge in [0, 0.05) is 0 Å². The Morgan fingerprint density at radius 3 is 2.50 bits per heavy atom. The van der Waals surface area contributed by atoms with Crippen LogP contribution >= 0.6 is 0 Å². The lowest BCUT2D eigenvalue weighted by Gasteiger charge is -2.02. The van der Waals surface area contributed by atoms with E-state index >= 15 is 0 Å². The summed E-state index contributed by atoms with van der Waals surface area (Å²) < 4.78 is 24.0. The van der Waals surface area contributed by atoms with Gasteiger partial charge < -0.3 is 16.5 Å². The van der Waals surface area contributed by atoms with Gasteiger partial charge in [0.05, 0.1) is 11.3 Å². The van der Waals surface area contributed by atoms with Crippen LogP contribution in [0.3, 0.4) is 0 Å². The van der Waals surface area contributed by atoms with Crippen molar-refractivity contribution >= 4 is 11.5 Å². The number of hydrogen-bond donors (Lipinski definition) is 3. The minimum absolute atomic E-state index is 0.0510. The molecule has 4 nitrogen and oxygen atoms in total. The smallest absolute Gasteiger partial charge is 0.269 e. The summed E-state index contributed by atoms with van der Waals surface area (Å²) in [5.74, 6) is -0.0931. The zero-order valence-electron chi connectivity index (χ0n) is 5.97. The summed E-state index contributed by atoms with van der Waals surface area (Å²) in [6.45, 7) is 0. The van der Waals surface area contributed by atoms with E-state index in [-0.39, 0.29) is 11.5 Å². The lowest BCUT2D eigenvalue weighted by atomic mass is 10.2. The van der Waals surface area contributed by atoms with Crippen LogP contribution in [-0.2, 0) is 0 Å². The van der Waals surface area contributed by atoms with Gasteiger partial charge in [-0.05, 0) is 6.07 Å². The van der Waals surface area contributed by atoms with Gasteiger partial charge in [0.1, 0.15) is 5.82 Å². The standard InChI is InChI=1S/C6H7F2N3O/c7-4(8)2-1-3(9)5(10)11-6(2)12/h1,4H,9H2,(H3,10,11,12). The van der Waals surface area contributed by atoms with Crippen molar-refractivity contribution in [2.45, 2.75) is 6.43 Å². The molecule has 0 bridgehead atoms. The number of H-pyrrole nitrogens is 1. The molecule has 0 radical (unpaired) electrons. The van der Waals surface area contributed by atoms with Gasteiger partial charge in [-0.2, -0.15) is 0 Å². The average Bonchev–Trinajstić information content (AvgIpc) is 1.96. The third-order valence-corrected chi connectivity index (χ3v) is 1.37. The number of nitrogens with one attached hydrogen (secondary N) is 1. The Morgan fingerprint density at radius 2 is 2.00 bits per heavy atom. The van der Waals surface area contributed by atoms with E-state index in [4.69, 9.17) is 11.5 Å². The van der Waals surface area contributed by atoms with Crippen LogP contribution in [-0.4, -0.2) is 4.98 Å². The third-order valence-electron chi connectivity index (χ3n) is 1.37. The van der Waals surface area contributed by atoms with E-state index in [1.807, 2.05) is 4.98 Å². The van der Waals surface area contributed by atoms with E-state index < -0.39 is 17.5 Å². The number of aromatic nitrogens is 1. The minimum Gasteiger partial charge on any atom is -0.396 e. The molecule has 1 aromatic rings. The van der Waals surface area contributed by atoms with Crippen molar-refractivity contribution < 1.29 is 8.78 Å². The van der Waals surface area contributed by atoms with E-state index in [0.717, 1.165) is 6.07 Å². The fourth-order valence-corrected chi connectivity index (χ4v) is 0.740. The number of aromatic amines is 1. The fraction of sp³-hybridized carbons (Fsp3) is 0.167. The van der Waals surface area contributed by atoms with Crippen molar-refractivity contribution in [1.29, 1.82) is 0 Å². The van der Waals surface area contributed by atoms with Crippen LogP contribution < -0.4 is 17.0 Å². The average molecular weight is 175 g/mol. The zero-order chi connectivity index (χ0) is 9.30. The second-order valence-corrected chi connectivity index (χ2v) is 2.22. The summed E-state index contributed by atoms with van der Waals surface area (Å²) in [5, 5.41) is 0. The first-order valence-electron chi connectivity index (χ1n) is 3.08. The first-order chi connectivity index (χ1) is 5.52. The maximum Gasteiger partial charge on any atom is 0.269 e. The van der Waals surface area contributed by atoms with Gasteiger partial charge in [-0.15, -0.1) is 0 Å². The van der Waals surface area contributed by atoms with Crippen LogP contribution in [0.15, 0.2) is 10.9 Å². The molecule has 0 aliphatic heterocycles. The van der Waals surface area contributed by atoms with E-state index in [1.54, 1.807) is 0 Å². The first kappa shape index (κ1) is 8.51. The maximum atomic E-state index is 12.0. The molecule has 0 amide bonds. The Hall–Kier alpha value is -1.59. The van der Waals surface area contributed by atoms with Gasteiger partial charge in [-0.1, -0.05) is 0 Å². The van der Waals surface area contributed by atoms with E-state index in [1.165, 1.54) is 0 Å². The molecule has 1 heterocycles. The summed E-state index contributed by atoms with van der Waals surface area (Å²) in [5.41, 5.74) is 8.74. The number of alkyl halides is 2. The highest BCUT2D eigenvalue weighted by atomic mass is 19.3. The van der Waals surface area contributed by atoms with Crippen LogP contribution in [0.25, 0.3) is 0 Å². The molecule has 6 heteroatoms. The van der Waals surface area contributed by atoms with Crippen molar-refractivity contribution in [1.82, 2.24) is 4.98 Å². The fourth-order valence-electron chi connectivity index (χ4n) is 0.740. The molecule has 1 aromatic heterocycles. The van der Waals surface area contributed by atoms with Crippen LogP contribution in [0.2, 0.25) is 0 Å². The quantitative estimate of drug-likeness (QED) is 0.580. The Kier molecular flexibility index (Phi) is 1.99. The molecule has 0 saturated carbocycles. The Bertz CT molecular complexity index is 347. The van der Waals surface area contributed by atoms with Gasteiger partial charge in [0.25, 0.3) is 12.0 Å². The molecule has 66 valence electrons. The molecule has 0 saturated heterocycles. The first-order valence-corrected chi connectivity index (χ1v) is 3.08. The highest BCUT2D eigenvalue weighted by molar-refractivity contribution is 5.58. The van der Waals surface area contributed by atoms with Crippen molar-refractivity contribution in [3.05, 3.63) is 22.0 Å². The maximum absolute atomic E-state index is 12.0. The second-order valence-electron chi connectivity index (χ2n) is 2.22. The molecule has 0 aliphatic carbocycles. The summed E-state index contributed by atoms with van der Waals surface area (Å²) in [7, 11) is 0. The van der Waals surface area contributed by atoms with Crippen molar-refractivity contribution in [3.8, 4) is 0 Å². The Morgan fingerprint density at radius 1 is 1.42 bits per heavy atom. The summed E-state index contributed by atoms with van der Waals surface area (Å²) in [6, 6.07) is 0.874. The normalized spacial score (nSPS) is 10.6. The summed E-state index contributed by atoms with van der Waals surface area (Å²) >= 11 is 0. The largest absolute Gasteiger partial charge is 0.396 e. The Balaban J connectivity index is 3.33. The van der Waals surface area contributed by atoms with E-state index in [0.29, 0.717) is 0 Å². The van der Waals surface area contributed by atoms with Crippen molar-refractivity contribution in [3.63, 3.8) is 0 Å². The molecule has 0 atom stereocenters. The van der Waals surface area contributed by atoms with Gasteiger partial charge in [-0.3, -0.25) is 4.79 Å². The topological polar surface area (TPSA) is 84.9 Å². The molecule has 12 heavy (non-hydrogen) atoms. The number of pyridine rings is 1. The van der Waals surface area contributed by atoms with Crippen LogP contribution in [0.4, 0.5) is 20.3 Å². The van der Waals surface area contributed by atoms with Gasteiger partial charge >= 0.3 is 0 Å². The van der Waals surface area contributed by atoms with Gasteiger partial charge in [0.15, 0.2) is 0 Å². The number of halogens is 2. The summed E-state index contributed by atoms with van der Waals surface area (Å²) in [6.07, 6.45) is -2.84. The molecule has 0 fully saturated rings. The number of anilines is 2. The van der Waals surface area contributed by atoms with Crippen molar-refractivity contribution in [2.75, 3.05) is 11.5 Å². The lowest BCUT2D eigenvalue weighted by Crippen LogP contribution is -2.16. The minimum atomic E-state index is -2.84. The number of hydrogen-bond acceptors (Lipinski definition) is 3. The number of nitrogens with two attached hydrogens (primary N) is 2. The van der Waals surface area contributed by atoms with E-state index in [9.17, 15) is 13.6 Å². The third kappa shape index (κ3) is 1.36. The SMILES string of the molecule is Nc1cc(C(F)F)c(=O)[nH]c1N. The van der Waals surface area contributed by atoms with Crippen LogP contribution in [0.5, 0.6) is 0 Å². The molecular formula is C6H7F2N3O.